The molecule has 2 amide bonds. The Kier molecular flexibility index (Phi) is 5.54. The van der Waals surface area contributed by atoms with E-state index in [4.69, 9.17) is 16.3 Å². The molecule has 152 valence electrons. The number of hydrogen-bond donors (Lipinski definition) is 0. The van der Waals surface area contributed by atoms with E-state index in [9.17, 15) is 14.4 Å². The molecule has 2 aromatic carbocycles. The van der Waals surface area contributed by atoms with Crippen molar-refractivity contribution in [1.82, 2.24) is 0 Å². The van der Waals surface area contributed by atoms with Crippen molar-refractivity contribution in [3.8, 4) is 0 Å². The van der Waals surface area contributed by atoms with Crippen LogP contribution in [0.5, 0.6) is 0 Å². The highest BCUT2D eigenvalue weighted by Gasteiger charge is 2.54. The van der Waals surface area contributed by atoms with Gasteiger partial charge < -0.3 is 9.53 Å². The van der Waals surface area contributed by atoms with Crippen molar-refractivity contribution in [2.45, 2.75) is 51.6 Å². The fraction of sp³-hybridized carbons (Fsp3) is 0.348. The van der Waals surface area contributed by atoms with E-state index in [1.54, 1.807) is 57.2 Å². The highest BCUT2D eigenvalue weighted by atomic mass is 35.5. The minimum absolute atomic E-state index is 0.0348. The minimum Gasteiger partial charge on any atom is -0.443 e. The third-order valence-electron chi connectivity index (χ3n) is 4.92. The van der Waals surface area contributed by atoms with Crippen LogP contribution in [0.1, 0.15) is 51.7 Å². The largest absolute Gasteiger partial charge is 0.443 e. The molecule has 0 N–H and O–H groups in total. The molecule has 0 saturated carbocycles. The molecule has 0 spiro atoms. The van der Waals surface area contributed by atoms with Crippen LogP contribution in [0.3, 0.4) is 0 Å². The second kappa shape index (κ2) is 7.64. The normalized spacial score (nSPS) is 18.5. The van der Waals surface area contributed by atoms with Crippen LogP contribution in [0.15, 0.2) is 48.5 Å². The molecule has 0 fully saturated rings. The maximum atomic E-state index is 13.8. The standard InChI is InChI=1S/C23H24ClNO4/c1-15(26)12-13-23(16-8-7-9-17(24)14-16)18-10-5-6-11-19(18)25(20(23)27)21(28)29-22(2,3)4/h5-11,14H,12-13H2,1-4H3/t23-/m0/s1. The van der Waals surface area contributed by atoms with Crippen molar-refractivity contribution in [1.29, 1.82) is 0 Å². The molecule has 0 radical (unpaired) electrons. The predicted molar refractivity (Wildman–Crippen MR) is 112 cm³/mol. The van der Waals surface area contributed by atoms with Gasteiger partial charge in [0.15, 0.2) is 0 Å². The lowest BCUT2D eigenvalue weighted by atomic mass is 9.72. The molecule has 0 saturated heterocycles. The topological polar surface area (TPSA) is 63.7 Å². The molecule has 1 aliphatic heterocycles. The molecule has 0 aromatic heterocycles. The molecule has 0 unspecified atom stereocenters. The van der Waals surface area contributed by atoms with E-state index in [0.29, 0.717) is 21.8 Å². The zero-order chi connectivity index (χ0) is 21.4. The highest BCUT2D eigenvalue weighted by molar-refractivity contribution is 6.31. The smallest absolute Gasteiger partial charge is 0.421 e. The quantitative estimate of drug-likeness (QED) is 0.684. The first-order valence-corrected chi connectivity index (χ1v) is 9.86. The summed E-state index contributed by atoms with van der Waals surface area (Å²) in [6.45, 7) is 6.73. The van der Waals surface area contributed by atoms with E-state index >= 15 is 0 Å². The summed E-state index contributed by atoms with van der Waals surface area (Å²) in [5.74, 6) is -0.469. The van der Waals surface area contributed by atoms with Gasteiger partial charge in [0, 0.05) is 11.4 Å². The number of imide groups is 1. The Morgan fingerprint density at radius 3 is 2.41 bits per heavy atom. The molecule has 0 bridgehead atoms. The van der Waals surface area contributed by atoms with Crippen molar-refractivity contribution in [2.24, 2.45) is 0 Å². The third kappa shape index (κ3) is 3.92. The summed E-state index contributed by atoms with van der Waals surface area (Å²) in [5, 5.41) is 0.477. The summed E-state index contributed by atoms with van der Waals surface area (Å²) in [5.41, 5.74) is -0.165. The Labute approximate surface area is 175 Å². The van der Waals surface area contributed by atoms with E-state index in [1.807, 2.05) is 12.1 Å². The van der Waals surface area contributed by atoms with E-state index in [-0.39, 0.29) is 18.6 Å². The van der Waals surface area contributed by atoms with Crippen LogP contribution in [-0.2, 0) is 19.7 Å². The molecule has 1 aliphatic rings. The van der Waals surface area contributed by atoms with Gasteiger partial charge in [-0.15, -0.1) is 0 Å². The number of fused-ring (bicyclic) bond motifs is 1. The second-order valence-electron chi connectivity index (χ2n) is 8.26. The molecule has 2 aromatic rings. The number of amides is 2. The van der Waals surface area contributed by atoms with E-state index in [2.05, 4.69) is 0 Å². The monoisotopic (exact) mass is 413 g/mol. The molecule has 29 heavy (non-hydrogen) atoms. The molecule has 0 aliphatic carbocycles. The predicted octanol–water partition coefficient (Wildman–Crippen LogP) is 5.28. The first-order valence-electron chi connectivity index (χ1n) is 9.49. The van der Waals surface area contributed by atoms with Gasteiger partial charge in [0.1, 0.15) is 16.8 Å². The van der Waals surface area contributed by atoms with Crippen molar-refractivity contribution in [2.75, 3.05) is 4.90 Å². The number of carbonyl (C=O) groups excluding carboxylic acids is 3. The van der Waals surface area contributed by atoms with Gasteiger partial charge in [0.05, 0.1) is 5.69 Å². The van der Waals surface area contributed by atoms with Gasteiger partial charge in [-0.1, -0.05) is 41.9 Å². The maximum absolute atomic E-state index is 13.8. The van der Waals surface area contributed by atoms with Crippen LogP contribution in [0.4, 0.5) is 10.5 Å². The Balaban J connectivity index is 2.21. The molecule has 5 nitrogen and oxygen atoms in total. The van der Waals surface area contributed by atoms with Gasteiger partial charge in [-0.2, -0.15) is 0 Å². The Bertz CT molecular complexity index is 979. The fourth-order valence-corrected chi connectivity index (χ4v) is 3.91. The van der Waals surface area contributed by atoms with Crippen molar-refractivity contribution in [3.05, 3.63) is 64.7 Å². The summed E-state index contributed by atoms with van der Waals surface area (Å²) in [6.07, 6.45) is -0.311. The fourth-order valence-electron chi connectivity index (χ4n) is 3.72. The summed E-state index contributed by atoms with van der Waals surface area (Å²) in [6, 6.07) is 14.1. The van der Waals surface area contributed by atoms with Crippen molar-refractivity contribution >= 4 is 35.1 Å². The molecule has 3 rings (SSSR count). The lowest BCUT2D eigenvalue weighted by molar-refractivity contribution is -0.122. The lowest BCUT2D eigenvalue weighted by Crippen LogP contribution is -2.46. The van der Waals surface area contributed by atoms with Crippen LogP contribution in [-0.4, -0.2) is 23.4 Å². The first-order chi connectivity index (χ1) is 13.6. The van der Waals surface area contributed by atoms with Crippen LogP contribution in [0.25, 0.3) is 0 Å². The number of para-hydroxylation sites is 1. The number of rotatable bonds is 4. The number of ether oxygens (including phenoxy) is 1. The first kappa shape index (κ1) is 21.1. The van der Waals surface area contributed by atoms with Crippen LogP contribution < -0.4 is 4.90 Å². The maximum Gasteiger partial charge on any atom is 0.421 e. The van der Waals surface area contributed by atoms with Crippen molar-refractivity contribution < 1.29 is 19.1 Å². The van der Waals surface area contributed by atoms with Gasteiger partial charge in [-0.25, -0.2) is 9.69 Å². The molecule has 6 heteroatoms. The average Bonchev–Trinajstić information content (AvgIpc) is 2.87. The molecule has 1 atom stereocenters. The zero-order valence-corrected chi connectivity index (χ0v) is 17.7. The molecular weight excluding hydrogens is 390 g/mol. The number of nitrogens with zero attached hydrogens (tertiary/aromatic N) is 1. The van der Waals surface area contributed by atoms with Crippen molar-refractivity contribution in [3.63, 3.8) is 0 Å². The number of benzene rings is 2. The molecule has 1 heterocycles. The van der Waals surface area contributed by atoms with E-state index < -0.39 is 23.0 Å². The van der Waals surface area contributed by atoms with E-state index in [1.165, 1.54) is 6.92 Å². The van der Waals surface area contributed by atoms with Crippen LogP contribution >= 0.6 is 11.6 Å². The molecular formula is C23H24ClNO4. The Morgan fingerprint density at radius 2 is 1.79 bits per heavy atom. The second-order valence-corrected chi connectivity index (χ2v) is 8.69. The Morgan fingerprint density at radius 1 is 1.10 bits per heavy atom. The summed E-state index contributed by atoms with van der Waals surface area (Å²) >= 11 is 6.23. The van der Waals surface area contributed by atoms with Crippen LogP contribution in [0.2, 0.25) is 5.02 Å². The number of halogens is 1. The number of carbonyl (C=O) groups is 3. The summed E-state index contributed by atoms with van der Waals surface area (Å²) in [4.78, 5) is 39.7. The van der Waals surface area contributed by atoms with Gasteiger partial charge in [0.25, 0.3) is 5.91 Å². The number of Topliss-reactive ketones (excluding diaryl/α,β-unsaturated/α-hetero) is 1. The highest BCUT2D eigenvalue weighted by Crippen LogP contribution is 2.49. The summed E-state index contributed by atoms with van der Waals surface area (Å²) in [7, 11) is 0. The van der Waals surface area contributed by atoms with Gasteiger partial charge in [-0.05, 0) is 63.4 Å². The Hall–Kier alpha value is -2.66. The zero-order valence-electron chi connectivity index (χ0n) is 17.0. The van der Waals surface area contributed by atoms with Gasteiger partial charge >= 0.3 is 6.09 Å². The number of ketones is 1. The number of anilines is 1. The lowest BCUT2D eigenvalue weighted by Gasteiger charge is -2.30. The van der Waals surface area contributed by atoms with E-state index in [0.717, 1.165) is 4.90 Å². The van der Waals surface area contributed by atoms with Gasteiger partial charge in [0.2, 0.25) is 0 Å². The van der Waals surface area contributed by atoms with Gasteiger partial charge in [-0.3, -0.25) is 4.79 Å². The average molecular weight is 414 g/mol. The third-order valence-corrected chi connectivity index (χ3v) is 5.15. The number of hydrogen-bond acceptors (Lipinski definition) is 4. The minimum atomic E-state index is -1.19. The SMILES string of the molecule is CC(=O)CC[C@@]1(c2cccc(Cl)c2)C(=O)N(C(=O)OC(C)(C)C)c2ccccc21. The summed E-state index contributed by atoms with van der Waals surface area (Å²) < 4.78 is 5.50. The van der Waals surface area contributed by atoms with Crippen LogP contribution in [0, 0.1) is 0 Å².